The van der Waals surface area contributed by atoms with Crippen LogP contribution in [0.4, 0.5) is 0 Å². The number of ether oxygens (including phenoxy) is 1. The SMILES string of the molecule is CCOc1ccc([C@@H](O)[C@@H](C)N2CCCC2)cc1. The average molecular weight is 249 g/mol. The fourth-order valence-corrected chi connectivity index (χ4v) is 2.55. The van der Waals surface area contributed by atoms with Crippen molar-refractivity contribution in [2.45, 2.75) is 38.8 Å². The van der Waals surface area contributed by atoms with Crippen molar-refractivity contribution in [2.75, 3.05) is 19.7 Å². The number of aliphatic hydroxyl groups excluding tert-OH is 1. The summed E-state index contributed by atoms with van der Waals surface area (Å²) in [4.78, 5) is 2.36. The zero-order valence-corrected chi connectivity index (χ0v) is 11.3. The molecule has 1 aliphatic rings. The summed E-state index contributed by atoms with van der Waals surface area (Å²) in [6, 6.07) is 7.97. The van der Waals surface area contributed by atoms with Crippen LogP contribution in [0.3, 0.4) is 0 Å². The summed E-state index contributed by atoms with van der Waals surface area (Å²) in [6.45, 7) is 6.96. The van der Waals surface area contributed by atoms with E-state index in [1.807, 2.05) is 31.2 Å². The van der Waals surface area contributed by atoms with Gasteiger partial charge >= 0.3 is 0 Å². The summed E-state index contributed by atoms with van der Waals surface area (Å²) in [5.74, 6) is 0.863. The molecule has 0 amide bonds. The average Bonchev–Trinajstić information content (AvgIpc) is 2.92. The third-order valence-electron chi connectivity index (χ3n) is 3.71. The summed E-state index contributed by atoms with van der Waals surface area (Å²) in [6.07, 6.45) is 2.08. The number of nitrogens with zero attached hydrogens (tertiary/aromatic N) is 1. The van der Waals surface area contributed by atoms with Crippen molar-refractivity contribution < 1.29 is 9.84 Å². The van der Waals surface area contributed by atoms with Crippen LogP contribution >= 0.6 is 0 Å². The van der Waals surface area contributed by atoms with Crippen molar-refractivity contribution in [3.05, 3.63) is 29.8 Å². The van der Waals surface area contributed by atoms with Crippen LogP contribution in [0, 0.1) is 0 Å². The van der Waals surface area contributed by atoms with Gasteiger partial charge in [-0.1, -0.05) is 12.1 Å². The molecule has 2 rings (SSSR count). The van der Waals surface area contributed by atoms with Gasteiger partial charge in [-0.15, -0.1) is 0 Å². The largest absolute Gasteiger partial charge is 0.494 e. The van der Waals surface area contributed by atoms with E-state index in [1.165, 1.54) is 12.8 Å². The monoisotopic (exact) mass is 249 g/mol. The Morgan fingerprint density at radius 1 is 1.22 bits per heavy atom. The summed E-state index contributed by atoms with van der Waals surface area (Å²) < 4.78 is 5.41. The second kappa shape index (κ2) is 6.21. The van der Waals surface area contributed by atoms with Gasteiger partial charge in [0.05, 0.1) is 12.7 Å². The molecule has 3 nitrogen and oxygen atoms in total. The lowest BCUT2D eigenvalue weighted by molar-refractivity contribution is 0.0715. The van der Waals surface area contributed by atoms with Crippen molar-refractivity contribution in [3.8, 4) is 5.75 Å². The predicted octanol–water partition coefficient (Wildman–Crippen LogP) is 2.60. The van der Waals surface area contributed by atoms with Gasteiger partial charge in [-0.2, -0.15) is 0 Å². The van der Waals surface area contributed by atoms with Gasteiger partial charge in [0.25, 0.3) is 0 Å². The highest BCUT2D eigenvalue weighted by Crippen LogP contribution is 2.25. The van der Waals surface area contributed by atoms with Crippen molar-refractivity contribution >= 4 is 0 Å². The highest BCUT2D eigenvalue weighted by atomic mass is 16.5. The van der Waals surface area contributed by atoms with Gasteiger partial charge in [-0.05, 0) is 57.5 Å². The Hall–Kier alpha value is -1.06. The molecule has 0 saturated carbocycles. The first-order chi connectivity index (χ1) is 8.72. The molecule has 1 fully saturated rings. The molecule has 1 aliphatic heterocycles. The van der Waals surface area contributed by atoms with Crippen LogP contribution < -0.4 is 4.74 Å². The Balaban J connectivity index is 2.00. The molecule has 3 heteroatoms. The minimum atomic E-state index is -0.418. The van der Waals surface area contributed by atoms with Gasteiger partial charge in [0, 0.05) is 6.04 Å². The molecule has 18 heavy (non-hydrogen) atoms. The maximum Gasteiger partial charge on any atom is 0.119 e. The molecule has 1 heterocycles. The number of likely N-dealkylation sites (tertiary alicyclic amines) is 1. The number of benzene rings is 1. The van der Waals surface area contributed by atoms with Gasteiger partial charge in [-0.25, -0.2) is 0 Å². The maximum atomic E-state index is 10.4. The normalized spacial score (nSPS) is 19.7. The van der Waals surface area contributed by atoms with E-state index in [4.69, 9.17) is 4.74 Å². The molecule has 1 aromatic rings. The molecule has 1 N–H and O–H groups in total. The Bertz CT molecular complexity index is 357. The fraction of sp³-hybridized carbons (Fsp3) is 0.600. The Morgan fingerprint density at radius 3 is 2.39 bits per heavy atom. The van der Waals surface area contributed by atoms with Crippen LogP contribution in [0.5, 0.6) is 5.75 Å². The van der Waals surface area contributed by atoms with Crippen molar-refractivity contribution in [1.82, 2.24) is 4.90 Å². The zero-order chi connectivity index (χ0) is 13.0. The first-order valence-corrected chi connectivity index (χ1v) is 6.87. The van der Waals surface area contributed by atoms with Crippen molar-refractivity contribution in [1.29, 1.82) is 0 Å². The first-order valence-electron chi connectivity index (χ1n) is 6.87. The highest BCUT2D eigenvalue weighted by Gasteiger charge is 2.25. The lowest BCUT2D eigenvalue weighted by atomic mass is 10.0. The van der Waals surface area contributed by atoms with Gasteiger partial charge in [0.2, 0.25) is 0 Å². The minimum Gasteiger partial charge on any atom is -0.494 e. The third kappa shape index (κ3) is 3.03. The Labute approximate surface area is 109 Å². The molecule has 0 radical (unpaired) electrons. The number of rotatable bonds is 5. The molecule has 1 aromatic carbocycles. The van der Waals surface area contributed by atoms with E-state index in [1.54, 1.807) is 0 Å². The summed E-state index contributed by atoms with van der Waals surface area (Å²) >= 11 is 0. The van der Waals surface area contributed by atoms with Gasteiger partial charge in [-0.3, -0.25) is 4.90 Å². The van der Waals surface area contributed by atoms with Gasteiger partial charge in [0.1, 0.15) is 5.75 Å². The fourth-order valence-electron chi connectivity index (χ4n) is 2.55. The Kier molecular flexibility index (Phi) is 4.61. The second-order valence-electron chi connectivity index (χ2n) is 4.93. The van der Waals surface area contributed by atoms with E-state index in [2.05, 4.69) is 11.8 Å². The van der Waals surface area contributed by atoms with Crippen LogP contribution in [-0.4, -0.2) is 35.7 Å². The van der Waals surface area contributed by atoms with Crippen LogP contribution in [0.15, 0.2) is 24.3 Å². The summed E-state index contributed by atoms with van der Waals surface area (Å²) in [7, 11) is 0. The smallest absolute Gasteiger partial charge is 0.119 e. The van der Waals surface area contributed by atoms with Crippen molar-refractivity contribution in [2.24, 2.45) is 0 Å². The van der Waals surface area contributed by atoms with E-state index in [0.29, 0.717) is 6.61 Å². The van der Waals surface area contributed by atoms with E-state index in [-0.39, 0.29) is 6.04 Å². The molecule has 100 valence electrons. The van der Waals surface area contributed by atoms with E-state index in [9.17, 15) is 5.11 Å². The topological polar surface area (TPSA) is 32.7 Å². The molecule has 1 saturated heterocycles. The number of aliphatic hydroxyl groups is 1. The van der Waals surface area contributed by atoms with Crippen LogP contribution in [0.25, 0.3) is 0 Å². The van der Waals surface area contributed by atoms with E-state index in [0.717, 1.165) is 24.4 Å². The van der Waals surface area contributed by atoms with Gasteiger partial charge < -0.3 is 9.84 Å². The lowest BCUT2D eigenvalue weighted by Gasteiger charge is -2.28. The number of hydrogen-bond donors (Lipinski definition) is 1. The lowest BCUT2D eigenvalue weighted by Crippen LogP contribution is -2.35. The van der Waals surface area contributed by atoms with Crippen molar-refractivity contribution in [3.63, 3.8) is 0 Å². The van der Waals surface area contributed by atoms with Crippen LogP contribution in [0.1, 0.15) is 38.4 Å². The predicted molar refractivity (Wildman–Crippen MR) is 72.8 cm³/mol. The molecule has 2 atom stereocenters. The molecule has 0 bridgehead atoms. The highest BCUT2D eigenvalue weighted by molar-refractivity contribution is 5.29. The quantitative estimate of drug-likeness (QED) is 0.870. The molecule has 0 unspecified atom stereocenters. The maximum absolute atomic E-state index is 10.4. The summed E-state index contributed by atoms with van der Waals surface area (Å²) in [5.41, 5.74) is 0.970. The zero-order valence-electron chi connectivity index (χ0n) is 11.3. The molecule has 0 aromatic heterocycles. The second-order valence-corrected chi connectivity index (χ2v) is 4.93. The molecular formula is C15H23NO2. The standard InChI is InChI=1S/C15H23NO2/c1-3-18-14-8-6-13(7-9-14)15(17)12(2)16-10-4-5-11-16/h6-9,12,15,17H,3-5,10-11H2,1-2H3/t12-,15+/m1/s1. The van der Waals surface area contributed by atoms with Gasteiger partial charge in [0.15, 0.2) is 0 Å². The van der Waals surface area contributed by atoms with Crippen LogP contribution in [0.2, 0.25) is 0 Å². The van der Waals surface area contributed by atoms with E-state index >= 15 is 0 Å². The molecular weight excluding hydrogens is 226 g/mol. The summed E-state index contributed by atoms with van der Waals surface area (Å²) in [5, 5.41) is 10.4. The minimum absolute atomic E-state index is 0.186. The van der Waals surface area contributed by atoms with E-state index < -0.39 is 6.10 Å². The molecule has 0 aliphatic carbocycles. The first kappa shape index (κ1) is 13.4. The molecule has 0 spiro atoms. The Morgan fingerprint density at radius 2 is 1.83 bits per heavy atom. The van der Waals surface area contributed by atoms with Crippen LogP contribution in [-0.2, 0) is 0 Å². The number of hydrogen-bond acceptors (Lipinski definition) is 3. The third-order valence-corrected chi connectivity index (χ3v) is 3.71.